The number of aromatic nitrogens is 4. The van der Waals surface area contributed by atoms with E-state index in [0.717, 1.165) is 5.82 Å². The molecule has 1 aliphatic heterocycles. The molecule has 2 N–H and O–H groups in total. The van der Waals surface area contributed by atoms with Gasteiger partial charge in [0.25, 0.3) is 0 Å². The summed E-state index contributed by atoms with van der Waals surface area (Å²) in [4.78, 5) is 0. The van der Waals surface area contributed by atoms with Crippen LogP contribution in [0.1, 0.15) is 19.2 Å². The summed E-state index contributed by atoms with van der Waals surface area (Å²) in [5.41, 5.74) is 0. The molecule has 0 spiro atoms. The third-order valence-corrected chi connectivity index (χ3v) is 3.61. The van der Waals surface area contributed by atoms with E-state index in [9.17, 15) is 0 Å². The molecule has 1 aliphatic rings. The lowest BCUT2D eigenvalue weighted by molar-refractivity contribution is 0.503. The molecule has 1 aromatic rings. The molecule has 13 heavy (non-hydrogen) atoms. The Morgan fingerprint density at radius 1 is 1.69 bits per heavy atom. The van der Waals surface area contributed by atoms with Gasteiger partial charge in [0, 0.05) is 11.3 Å². The van der Waals surface area contributed by atoms with E-state index in [0.29, 0.717) is 17.8 Å². The van der Waals surface area contributed by atoms with Crippen LogP contribution in [0, 0.1) is 0 Å². The zero-order valence-corrected chi connectivity index (χ0v) is 8.34. The normalized spacial score (nSPS) is 28.1. The predicted octanol–water partition coefficient (Wildman–Crippen LogP) is 0.183. The van der Waals surface area contributed by atoms with Crippen molar-refractivity contribution in [2.24, 2.45) is 0 Å². The number of hydrogen-bond donors (Lipinski definition) is 2. The summed E-state index contributed by atoms with van der Waals surface area (Å²) >= 11 is 2.02. The number of rotatable bonds is 3. The summed E-state index contributed by atoms with van der Waals surface area (Å²) in [6.45, 7) is 2.97. The molecule has 1 saturated heterocycles. The molecule has 2 unspecified atom stereocenters. The Hall–Kier alpha value is -0.620. The van der Waals surface area contributed by atoms with Gasteiger partial charge >= 0.3 is 0 Å². The maximum Gasteiger partial charge on any atom is 0.188 e. The van der Waals surface area contributed by atoms with Gasteiger partial charge in [-0.2, -0.15) is 17.0 Å². The second-order valence-corrected chi connectivity index (χ2v) is 4.67. The molecule has 0 bridgehead atoms. The Bertz CT molecular complexity index is 249. The van der Waals surface area contributed by atoms with Crippen molar-refractivity contribution in [3.63, 3.8) is 0 Å². The van der Waals surface area contributed by atoms with Crippen molar-refractivity contribution < 1.29 is 0 Å². The van der Waals surface area contributed by atoms with Gasteiger partial charge in [-0.15, -0.1) is 10.2 Å². The molecule has 1 aromatic heterocycles. The van der Waals surface area contributed by atoms with Crippen LogP contribution in [0.2, 0.25) is 0 Å². The standard InChI is InChI=1S/C7H13N5S/c1-5-6(2-3-13-5)8-4-7-9-11-12-10-7/h5-6,8H,2-4H2,1H3,(H,9,10,11,12). The Kier molecular flexibility index (Phi) is 2.80. The Balaban J connectivity index is 1.79. The van der Waals surface area contributed by atoms with E-state index < -0.39 is 0 Å². The van der Waals surface area contributed by atoms with Crippen molar-refractivity contribution in [2.75, 3.05) is 5.75 Å². The lowest BCUT2D eigenvalue weighted by Gasteiger charge is -2.14. The number of nitrogens with one attached hydrogen (secondary N) is 2. The van der Waals surface area contributed by atoms with Gasteiger partial charge in [0.05, 0.1) is 6.54 Å². The Morgan fingerprint density at radius 2 is 2.62 bits per heavy atom. The van der Waals surface area contributed by atoms with Crippen molar-refractivity contribution in [1.82, 2.24) is 25.9 Å². The van der Waals surface area contributed by atoms with Gasteiger partial charge in [-0.3, -0.25) is 0 Å². The fraction of sp³-hybridized carbons (Fsp3) is 0.857. The molecule has 0 aromatic carbocycles. The molecule has 0 saturated carbocycles. The highest BCUT2D eigenvalue weighted by atomic mass is 32.2. The molecule has 2 rings (SSSR count). The molecular formula is C7H13N5S. The average Bonchev–Trinajstić information content (AvgIpc) is 2.72. The third kappa shape index (κ3) is 2.19. The summed E-state index contributed by atoms with van der Waals surface area (Å²) in [5, 5.41) is 17.8. The molecule has 1 fully saturated rings. The first-order chi connectivity index (χ1) is 6.36. The number of thioether (sulfide) groups is 1. The average molecular weight is 199 g/mol. The van der Waals surface area contributed by atoms with Crippen LogP contribution >= 0.6 is 11.8 Å². The van der Waals surface area contributed by atoms with Crippen LogP contribution in [0.4, 0.5) is 0 Å². The van der Waals surface area contributed by atoms with E-state index in [1.165, 1.54) is 12.2 Å². The van der Waals surface area contributed by atoms with E-state index in [1.54, 1.807) is 0 Å². The smallest absolute Gasteiger partial charge is 0.188 e. The SMILES string of the molecule is CC1SCCC1NCc1nn[nH]n1. The fourth-order valence-corrected chi connectivity index (χ4v) is 2.71. The summed E-state index contributed by atoms with van der Waals surface area (Å²) < 4.78 is 0. The fourth-order valence-electron chi connectivity index (χ4n) is 1.48. The third-order valence-electron chi connectivity index (χ3n) is 2.29. The first-order valence-electron chi connectivity index (χ1n) is 4.43. The second-order valence-electron chi connectivity index (χ2n) is 3.18. The number of tetrazole rings is 1. The lowest BCUT2D eigenvalue weighted by Crippen LogP contribution is -2.33. The van der Waals surface area contributed by atoms with Gasteiger partial charge < -0.3 is 5.32 Å². The van der Waals surface area contributed by atoms with Crippen LogP contribution in [0.15, 0.2) is 0 Å². The van der Waals surface area contributed by atoms with Crippen LogP contribution in [-0.4, -0.2) is 37.7 Å². The predicted molar refractivity (Wildman–Crippen MR) is 51.3 cm³/mol. The molecule has 2 atom stereocenters. The van der Waals surface area contributed by atoms with Crippen molar-refractivity contribution in [3.8, 4) is 0 Å². The molecule has 0 amide bonds. The van der Waals surface area contributed by atoms with Gasteiger partial charge in [-0.05, 0) is 12.2 Å². The number of aromatic amines is 1. The van der Waals surface area contributed by atoms with Gasteiger partial charge in [0.1, 0.15) is 0 Å². The number of hydrogen-bond acceptors (Lipinski definition) is 5. The maximum atomic E-state index is 3.89. The van der Waals surface area contributed by atoms with E-state index in [2.05, 4.69) is 32.9 Å². The highest BCUT2D eigenvalue weighted by Gasteiger charge is 2.23. The largest absolute Gasteiger partial charge is 0.306 e. The first kappa shape index (κ1) is 8.96. The van der Waals surface area contributed by atoms with Crippen LogP contribution in [-0.2, 0) is 6.54 Å². The number of H-pyrrole nitrogens is 1. The summed E-state index contributed by atoms with van der Waals surface area (Å²) in [6, 6.07) is 0.600. The number of nitrogens with zero attached hydrogens (tertiary/aromatic N) is 3. The highest BCUT2D eigenvalue weighted by molar-refractivity contribution is 8.00. The second kappa shape index (κ2) is 4.06. The molecule has 5 nitrogen and oxygen atoms in total. The van der Waals surface area contributed by atoms with Crippen molar-refractivity contribution in [2.45, 2.75) is 31.2 Å². The first-order valence-corrected chi connectivity index (χ1v) is 5.48. The maximum absolute atomic E-state index is 3.89. The summed E-state index contributed by atoms with van der Waals surface area (Å²) in [6.07, 6.45) is 1.24. The van der Waals surface area contributed by atoms with E-state index in [4.69, 9.17) is 0 Å². The van der Waals surface area contributed by atoms with Crippen LogP contribution < -0.4 is 5.32 Å². The van der Waals surface area contributed by atoms with E-state index >= 15 is 0 Å². The molecule has 2 heterocycles. The van der Waals surface area contributed by atoms with Crippen LogP contribution in [0.25, 0.3) is 0 Å². The Morgan fingerprint density at radius 3 is 3.23 bits per heavy atom. The molecule has 6 heteroatoms. The van der Waals surface area contributed by atoms with Crippen molar-refractivity contribution in [3.05, 3.63) is 5.82 Å². The highest BCUT2D eigenvalue weighted by Crippen LogP contribution is 2.25. The summed E-state index contributed by atoms with van der Waals surface area (Å²) in [5.74, 6) is 1.99. The molecular weight excluding hydrogens is 186 g/mol. The van der Waals surface area contributed by atoms with Crippen molar-refractivity contribution >= 4 is 11.8 Å². The minimum absolute atomic E-state index is 0.600. The van der Waals surface area contributed by atoms with E-state index in [-0.39, 0.29) is 0 Å². The van der Waals surface area contributed by atoms with E-state index in [1.807, 2.05) is 11.8 Å². The molecule has 72 valence electrons. The quantitative estimate of drug-likeness (QED) is 0.727. The van der Waals surface area contributed by atoms with Gasteiger partial charge in [-0.25, -0.2) is 0 Å². The minimum Gasteiger partial charge on any atom is -0.306 e. The van der Waals surface area contributed by atoms with Gasteiger partial charge in [0.15, 0.2) is 5.82 Å². The lowest BCUT2D eigenvalue weighted by atomic mass is 10.2. The molecule has 0 radical (unpaired) electrons. The molecule has 0 aliphatic carbocycles. The monoisotopic (exact) mass is 199 g/mol. The Labute approximate surface area is 81.1 Å². The van der Waals surface area contributed by atoms with Crippen molar-refractivity contribution in [1.29, 1.82) is 0 Å². The van der Waals surface area contributed by atoms with Gasteiger partial charge in [0.2, 0.25) is 0 Å². The zero-order chi connectivity index (χ0) is 9.10. The van der Waals surface area contributed by atoms with Gasteiger partial charge in [-0.1, -0.05) is 12.1 Å². The van der Waals surface area contributed by atoms with Crippen LogP contribution in [0.5, 0.6) is 0 Å². The van der Waals surface area contributed by atoms with Crippen LogP contribution in [0.3, 0.4) is 0 Å². The minimum atomic E-state index is 0.600. The zero-order valence-electron chi connectivity index (χ0n) is 7.53. The summed E-state index contributed by atoms with van der Waals surface area (Å²) in [7, 11) is 0. The topological polar surface area (TPSA) is 66.5 Å².